The number of aldehydes is 1. The second-order valence-corrected chi connectivity index (χ2v) is 12.9. The van der Waals surface area contributed by atoms with Crippen LogP contribution in [0.1, 0.15) is 81.9 Å². The standard InChI is InChI=1S/C33H42NO2Si/c1-33(2,3)28(24-25-29-18-16-19-30(27-35)34-29)17-10-6-4-5-7-15-26-36-37(31-20-11-8-12-21-31)32-22-13-9-14-23-32/h8-9,11-14,16,18-25,27-28H,4-7,10,15,17,26H2,1-3H3/b25-24+. The summed E-state index contributed by atoms with van der Waals surface area (Å²) >= 11 is 0. The summed E-state index contributed by atoms with van der Waals surface area (Å²) in [6, 6.07) is 26.9. The van der Waals surface area contributed by atoms with Gasteiger partial charge in [-0.2, -0.15) is 0 Å². The number of unbranched alkanes of at least 4 members (excludes halogenated alkanes) is 5. The maximum Gasteiger partial charge on any atom is 0.282 e. The summed E-state index contributed by atoms with van der Waals surface area (Å²) < 4.78 is 6.46. The highest BCUT2D eigenvalue weighted by Crippen LogP contribution is 2.32. The molecule has 1 unspecified atom stereocenters. The average Bonchev–Trinajstić information content (AvgIpc) is 2.91. The highest BCUT2D eigenvalue weighted by molar-refractivity contribution is 6.80. The molecule has 0 N–H and O–H groups in total. The van der Waals surface area contributed by atoms with E-state index < -0.39 is 9.04 Å². The molecule has 3 aromatic rings. The van der Waals surface area contributed by atoms with Crippen LogP contribution in [0.25, 0.3) is 6.08 Å². The molecule has 3 nitrogen and oxygen atoms in total. The van der Waals surface area contributed by atoms with Crippen LogP contribution in [-0.4, -0.2) is 26.9 Å². The van der Waals surface area contributed by atoms with Crippen LogP contribution in [0.5, 0.6) is 0 Å². The fourth-order valence-electron chi connectivity index (χ4n) is 4.52. The third-order valence-electron chi connectivity index (χ3n) is 6.75. The third-order valence-corrected chi connectivity index (χ3v) is 8.96. The lowest BCUT2D eigenvalue weighted by Gasteiger charge is -2.28. The van der Waals surface area contributed by atoms with Crippen LogP contribution in [0.15, 0.2) is 84.9 Å². The molecule has 195 valence electrons. The maximum atomic E-state index is 11.0. The average molecular weight is 513 g/mol. The number of rotatable bonds is 15. The Morgan fingerprint density at radius 2 is 1.32 bits per heavy atom. The van der Waals surface area contributed by atoms with Gasteiger partial charge in [0.2, 0.25) is 0 Å². The molecule has 0 fully saturated rings. The van der Waals surface area contributed by atoms with Gasteiger partial charge in [0.25, 0.3) is 9.04 Å². The zero-order valence-electron chi connectivity index (χ0n) is 22.7. The van der Waals surface area contributed by atoms with Crippen molar-refractivity contribution in [2.45, 2.75) is 65.7 Å². The molecule has 37 heavy (non-hydrogen) atoms. The summed E-state index contributed by atoms with van der Waals surface area (Å²) in [5, 5.41) is 2.63. The molecule has 0 saturated carbocycles. The third kappa shape index (κ3) is 10.2. The Balaban J connectivity index is 1.36. The van der Waals surface area contributed by atoms with Crippen LogP contribution in [0, 0.1) is 11.3 Å². The number of benzene rings is 2. The van der Waals surface area contributed by atoms with Crippen LogP contribution < -0.4 is 10.4 Å². The molecule has 0 aliphatic carbocycles. The lowest BCUT2D eigenvalue weighted by atomic mass is 9.77. The minimum absolute atomic E-state index is 0.201. The molecule has 1 atom stereocenters. The van der Waals surface area contributed by atoms with Gasteiger partial charge in [0, 0.05) is 6.61 Å². The quantitative estimate of drug-likeness (QED) is 0.124. The summed E-state index contributed by atoms with van der Waals surface area (Å²) in [5.41, 5.74) is 1.54. The monoisotopic (exact) mass is 512 g/mol. The van der Waals surface area contributed by atoms with Crippen molar-refractivity contribution in [1.29, 1.82) is 0 Å². The first kappa shape index (κ1) is 28.7. The van der Waals surface area contributed by atoms with Crippen molar-refractivity contribution in [3.8, 4) is 0 Å². The molecule has 0 saturated heterocycles. The van der Waals surface area contributed by atoms with Crippen LogP contribution in [0.4, 0.5) is 0 Å². The van der Waals surface area contributed by atoms with E-state index in [2.05, 4.69) is 98.6 Å². The summed E-state index contributed by atoms with van der Waals surface area (Å²) in [6.07, 6.45) is 13.7. The first-order valence-corrected chi connectivity index (χ1v) is 15.1. The van der Waals surface area contributed by atoms with E-state index in [9.17, 15) is 4.79 Å². The van der Waals surface area contributed by atoms with E-state index in [1.54, 1.807) is 6.07 Å². The summed E-state index contributed by atoms with van der Waals surface area (Å²) in [4.78, 5) is 15.4. The largest absolute Gasteiger partial charge is 0.407 e. The number of pyridine rings is 1. The van der Waals surface area contributed by atoms with Crippen LogP contribution in [-0.2, 0) is 4.43 Å². The van der Waals surface area contributed by atoms with E-state index >= 15 is 0 Å². The number of aromatic nitrogens is 1. The zero-order chi connectivity index (χ0) is 26.3. The fraction of sp³-hybridized carbons (Fsp3) is 0.394. The number of allylic oxidation sites excluding steroid dienone is 1. The van der Waals surface area contributed by atoms with E-state index in [1.807, 2.05) is 12.1 Å². The van der Waals surface area contributed by atoms with Crippen LogP contribution in [0.2, 0.25) is 0 Å². The first-order valence-electron chi connectivity index (χ1n) is 13.7. The molecule has 1 radical (unpaired) electrons. The Bertz CT molecular complexity index is 1040. The van der Waals surface area contributed by atoms with Gasteiger partial charge in [-0.05, 0) is 52.8 Å². The van der Waals surface area contributed by atoms with E-state index in [0.29, 0.717) is 11.6 Å². The molecule has 0 bridgehead atoms. The smallest absolute Gasteiger partial charge is 0.282 e. The first-order chi connectivity index (χ1) is 18.0. The molecular formula is C33H42NO2Si. The van der Waals surface area contributed by atoms with Crippen molar-refractivity contribution in [3.05, 3.63) is 96.3 Å². The highest BCUT2D eigenvalue weighted by atomic mass is 28.3. The maximum absolute atomic E-state index is 11.0. The van der Waals surface area contributed by atoms with Gasteiger partial charge in [0.15, 0.2) is 6.29 Å². The van der Waals surface area contributed by atoms with E-state index in [-0.39, 0.29) is 5.41 Å². The van der Waals surface area contributed by atoms with Crippen molar-refractivity contribution in [3.63, 3.8) is 0 Å². The van der Waals surface area contributed by atoms with Gasteiger partial charge in [-0.1, -0.05) is 126 Å². The molecule has 0 aliphatic rings. The Morgan fingerprint density at radius 3 is 1.92 bits per heavy atom. The number of hydrogen-bond donors (Lipinski definition) is 0. The topological polar surface area (TPSA) is 39.2 Å². The number of carbonyl (C=O) groups is 1. The Morgan fingerprint density at radius 1 is 0.757 bits per heavy atom. The summed E-state index contributed by atoms with van der Waals surface area (Å²) in [5.74, 6) is 0.485. The lowest BCUT2D eigenvalue weighted by Crippen LogP contribution is -2.45. The van der Waals surface area contributed by atoms with E-state index in [0.717, 1.165) is 25.0 Å². The Hall–Kier alpha value is -2.82. The van der Waals surface area contributed by atoms with Gasteiger partial charge in [-0.25, -0.2) is 4.98 Å². The Labute approximate surface area is 225 Å². The van der Waals surface area contributed by atoms with Crippen molar-refractivity contribution in [2.24, 2.45) is 11.3 Å². The van der Waals surface area contributed by atoms with Crippen LogP contribution in [0.3, 0.4) is 0 Å². The second-order valence-electron chi connectivity index (χ2n) is 10.8. The van der Waals surface area contributed by atoms with Gasteiger partial charge in [0.1, 0.15) is 5.69 Å². The molecular weight excluding hydrogens is 470 g/mol. The predicted octanol–water partition coefficient (Wildman–Crippen LogP) is 7.12. The predicted molar refractivity (Wildman–Crippen MR) is 158 cm³/mol. The zero-order valence-corrected chi connectivity index (χ0v) is 23.7. The normalized spacial score (nSPS) is 12.8. The Kier molecular flexibility index (Phi) is 12.0. The molecule has 3 rings (SSSR count). The molecule has 0 aliphatic heterocycles. The number of carbonyl (C=O) groups excluding carboxylic acids is 1. The van der Waals surface area contributed by atoms with E-state index in [4.69, 9.17) is 4.43 Å². The van der Waals surface area contributed by atoms with Crippen molar-refractivity contribution < 1.29 is 9.22 Å². The molecule has 1 heterocycles. The van der Waals surface area contributed by atoms with Crippen molar-refractivity contribution >= 4 is 31.8 Å². The van der Waals surface area contributed by atoms with Crippen LogP contribution >= 0.6 is 0 Å². The van der Waals surface area contributed by atoms with Gasteiger partial charge < -0.3 is 4.43 Å². The summed E-state index contributed by atoms with van der Waals surface area (Å²) in [6.45, 7) is 7.74. The second kappa shape index (κ2) is 15.4. The SMILES string of the molecule is CC(C)(C)C(/C=C/c1cccc(C=O)n1)CCCCCCCCO[Si](c1ccccc1)c1ccccc1. The van der Waals surface area contributed by atoms with Crippen molar-refractivity contribution in [2.75, 3.05) is 6.61 Å². The van der Waals surface area contributed by atoms with E-state index in [1.165, 1.54) is 48.9 Å². The van der Waals surface area contributed by atoms with Gasteiger partial charge in [0.05, 0.1) is 5.69 Å². The number of hydrogen-bond acceptors (Lipinski definition) is 3. The van der Waals surface area contributed by atoms with Gasteiger partial charge in [-0.15, -0.1) is 0 Å². The molecule has 1 aromatic heterocycles. The minimum atomic E-state index is -1.18. The van der Waals surface area contributed by atoms with Gasteiger partial charge >= 0.3 is 0 Å². The molecule has 0 amide bonds. The number of nitrogens with zero attached hydrogens (tertiary/aromatic N) is 1. The molecule has 2 aromatic carbocycles. The lowest BCUT2D eigenvalue weighted by molar-refractivity contribution is 0.111. The molecule has 0 spiro atoms. The van der Waals surface area contributed by atoms with Gasteiger partial charge in [-0.3, -0.25) is 4.79 Å². The minimum Gasteiger partial charge on any atom is -0.407 e. The fourth-order valence-corrected chi connectivity index (χ4v) is 6.53. The highest BCUT2D eigenvalue weighted by Gasteiger charge is 2.21. The molecule has 4 heteroatoms. The summed E-state index contributed by atoms with van der Waals surface area (Å²) in [7, 11) is -1.18. The van der Waals surface area contributed by atoms with Crippen molar-refractivity contribution in [1.82, 2.24) is 4.98 Å².